The number of hydrogen-bond donors (Lipinski definition) is 0. The van der Waals surface area contributed by atoms with Crippen molar-refractivity contribution in [3.8, 4) is 0 Å². The molecule has 15 heavy (non-hydrogen) atoms. The molecule has 0 unspecified atom stereocenters. The topological polar surface area (TPSA) is 18.5 Å². The van der Waals surface area contributed by atoms with Crippen molar-refractivity contribution in [2.75, 3.05) is 12.5 Å². The fourth-order valence-corrected chi connectivity index (χ4v) is 1.83. The molecule has 2 atom stereocenters. The van der Waals surface area contributed by atoms with Crippen molar-refractivity contribution in [1.82, 2.24) is 0 Å². The van der Waals surface area contributed by atoms with E-state index in [9.17, 15) is 0 Å². The lowest BCUT2D eigenvalue weighted by molar-refractivity contribution is -0.0582. The predicted octanol–water partition coefficient (Wildman–Crippen LogP) is 2.60. The monoisotopic (exact) mass is 226 g/mol. The van der Waals surface area contributed by atoms with Gasteiger partial charge in [-0.2, -0.15) is 0 Å². The molecular weight excluding hydrogens is 212 g/mol. The summed E-state index contributed by atoms with van der Waals surface area (Å²) in [4.78, 5) is 0. The van der Waals surface area contributed by atoms with Crippen LogP contribution in [0.15, 0.2) is 30.3 Å². The number of alkyl halides is 1. The summed E-state index contributed by atoms with van der Waals surface area (Å²) >= 11 is 5.69. The van der Waals surface area contributed by atoms with Crippen LogP contribution < -0.4 is 0 Å². The molecule has 2 nitrogen and oxygen atoms in total. The number of ether oxygens (including phenoxy) is 2. The first kappa shape index (κ1) is 10.9. The third-order valence-corrected chi connectivity index (χ3v) is 2.84. The molecule has 1 aromatic carbocycles. The Hall–Kier alpha value is -0.570. The summed E-state index contributed by atoms with van der Waals surface area (Å²) in [7, 11) is 0. The molecule has 0 spiro atoms. The number of rotatable bonds is 4. The second-order valence-corrected chi connectivity index (χ2v) is 4.01. The van der Waals surface area contributed by atoms with E-state index in [4.69, 9.17) is 21.1 Å². The normalized spacial score (nSPS) is 25.7. The van der Waals surface area contributed by atoms with Crippen molar-refractivity contribution in [1.29, 1.82) is 0 Å². The van der Waals surface area contributed by atoms with Crippen molar-refractivity contribution >= 4 is 11.6 Å². The zero-order valence-corrected chi connectivity index (χ0v) is 9.32. The van der Waals surface area contributed by atoms with Gasteiger partial charge in [0, 0.05) is 6.42 Å². The summed E-state index contributed by atoms with van der Waals surface area (Å²) in [5.74, 6) is 0.516. The Labute approximate surface area is 95.1 Å². The zero-order chi connectivity index (χ0) is 10.5. The van der Waals surface area contributed by atoms with Crippen LogP contribution in [0.4, 0.5) is 0 Å². The van der Waals surface area contributed by atoms with Gasteiger partial charge in [-0.25, -0.2) is 0 Å². The Morgan fingerprint density at radius 2 is 2.07 bits per heavy atom. The molecule has 1 fully saturated rings. The maximum absolute atomic E-state index is 5.69. The second kappa shape index (κ2) is 5.50. The van der Waals surface area contributed by atoms with E-state index in [0.29, 0.717) is 12.5 Å². The van der Waals surface area contributed by atoms with Crippen LogP contribution in [0.5, 0.6) is 0 Å². The highest BCUT2D eigenvalue weighted by Crippen LogP contribution is 2.17. The molecule has 2 rings (SSSR count). The molecule has 0 aliphatic carbocycles. The Morgan fingerprint density at radius 3 is 2.73 bits per heavy atom. The van der Waals surface area contributed by atoms with Crippen LogP contribution >= 0.6 is 11.6 Å². The average molecular weight is 227 g/mol. The maximum Gasteiger partial charge on any atom is 0.158 e. The standard InChI is InChI=1S/C12H15ClO2/c13-8-11-9-14-12(15-11)7-6-10-4-2-1-3-5-10/h1-5,11-12H,6-9H2/t11-,12-/m1/s1. The highest BCUT2D eigenvalue weighted by molar-refractivity contribution is 6.18. The second-order valence-electron chi connectivity index (χ2n) is 3.70. The van der Waals surface area contributed by atoms with Gasteiger partial charge in [0.25, 0.3) is 0 Å². The third kappa shape index (κ3) is 3.20. The minimum Gasteiger partial charge on any atom is -0.350 e. The molecule has 1 heterocycles. The average Bonchev–Trinajstić information content (AvgIpc) is 2.76. The van der Waals surface area contributed by atoms with Gasteiger partial charge >= 0.3 is 0 Å². The fraction of sp³-hybridized carbons (Fsp3) is 0.500. The third-order valence-electron chi connectivity index (χ3n) is 2.50. The molecule has 1 aliphatic heterocycles. The van der Waals surface area contributed by atoms with Gasteiger partial charge < -0.3 is 9.47 Å². The molecule has 0 saturated carbocycles. The summed E-state index contributed by atoms with van der Waals surface area (Å²) < 4.78 is 11.0. The minimum atomic E-state index is -0.0750. The van der Waals surface area contributed by atoms with Gasteiger partial charge in [-0.1, -0.05) is 30.3 Å². The van der Waals surface area contributed by atoms with Gasteiger partial charge in [-0.3, -0.25) is 0 Å². The van der Waals surface area contributed by atoms with E-state index < -0.39 is 0 Å². The Morgan fingerprint density at radius 1 is 1.27 bits per heavy atom. The minimum absolute atomic E-state index is 0.0750. The van der Waals surface area contributed by atoms with Gasteiger partial charge in [0.05, 0.1) is 18.6 Å². The van der Waals surface area contributed by atoms with Crippen LogP contribution in [0.25, 0.3) is 0 Å². The maximum atomic E-state index is 5.69. The quantitative estimate of drug-likeness (QED) is 0.735. The van der Waals surface area contributed by atoms with Crippen LogP contribution in [0.2, 0.25) is 0 Å². The van der Waals surface area contributed by atoms with E-state index >= 15 is 0 Å². The molecular formula is C12H15ClO2. The van der Waals surface area contributed by atoms with Crippen molar-refractivity contribution in [2.45, 2.75) is 25.2 Å². The van der Waals surface area contributed by atoms with Crippen LogP contribution in [-0.2, 0) is 15.9 Å². The number of hydrogen-bond acceptors (Lipinski definition) is 2. The smallest absolute Gasteiger partial charge is 0.158 e. The summed E-state index contributed by atoms with van der Waals surface area (Å²) in [6, 6.07) is 10.4. The van der Waals surface area contributed by atoms with Gasteiger partial charge in [-0.05, 0) is 12.0 Å². The lowest BCUT2D eigenvalue weighted by Gasteiger charge is -2.09. The Balaban J connectivity index is 1.75. The highest BCUT2D eigenvalue weighted by atomic mass is 35.5. The largest absolute Gasteiger partial charge is 0.350 e. The molecule has 0 bridgehead atoms. The molecule has 0 amide bonds. The van der Waals surface area contributed by atoms with E-state index in [0.717, 1.165) is 12.8 Å². The number of halogens is 1. The van der Waals surface area contributed by atoms with Gasteiger partial charge in [-0.15, -0.1) is 11.6 Å². The first-order valence-electron chi connectivity index (χ1n) is 5.25. The number of benzene rings is 1. The summed E-state index contributed by atoms with van der Waals surface area (Å²) in [6.07, 6.45) is 1.89. The SMILES string of the molecule is ClC[C@@H]1CO[C@@H](CCc2ccccc2)O1. The Kier molecular flexibility index (Phi) is 4.01. The van der Waals surface area contributed by atoms with E-state index in [1.54, 1.807) is 0 Å². The van der Waals surface area contributed by atoms with Crippen LogP contribution in [-0.4, -0.2) is 24.9 Å². The van der Waals surface area contributed by atoms with Gasteiger partial charge in [0.15, 0.2) is 6.29 Å². The predicted molar refractivity (Wildman–Crippen MR) is 60.1 cm³/mol. The number of aryl methyl sites for hydroxylation is 1. The summed E-state index contributed by atoms with van der Waals surface area (Å²) in [6.45, 7) is 0.628. The molecule has 3 heteroatoms. The van der Waals surface area contributed by atoms with E-state index in [-0.39, 0.29) is 12.4 Å². The van der Waals surface area contributed by atoms with E-state index in [1.165, 1.54) is 5.56 Å². The van der Waals surface area contributed by atoms with Crippen molar-refractivity contribution in [3.63, 3.8) is 0 Å². The molecule has 1 aliphatic rings. The van der Waals surface area contributed by atoms with Crippen molar-refractivity contribution in [3.05, 3.63) is 35.9 Å². The first-order chi connectivity index (χ1) is 7.38. The molecule has 82 valence electrons. The molecule has 1 aromatic rings. The zero-order valence-electron chi connectivity index (χ0n) is 8.56. The van der Waals surface area contributed by atoms with E-state index in [2.05, 4.69) is 12.1 Å². The molecule has 1 saturated heterocycles. The van der Waals surface area contributed by atoms with Crippen LogP contribution in [0, 0.1) is 0 Å². The van der Waals surface area contributed by atoms with Gasteiger partial charge in [0.2, 0.25) is 0 Å². The first-order valence-corrected chi connectivity index (χ1v) is 5.79. The van der Waals surface area contributed by atoms with Crippen LogP contribution in [0.3, 0.4) is 0 Å². The molecule has 0 N–H and O–H groups in total. The van der Waals surface area contributed by atoms with Crippen LogP contribution in [0.1, 0.15) is 12.0 Å². The fourth-order valence-electron chi connectivity index (χ4n) is 1.67. The lowest BCUT2D eigenvalue weighted by atomic mass is 10.1. The molecule has 0 radical (unpaired) electrons. The van der Waals surface area contributed by atoms with Crippen molar-refractivity contribution < 1.29 is 9.47 Å². The molecule has 0 aromatic heterocycles. The lowest BCUT2D eigenvalue weighted by Crippen LogP contribution is -2.14. The van der Waals surface area contributed by atoms with Crippen molar-refractivity contribution in [2.24, 2.45) is 0 Å². The summed E-state index contributed by atoms with van der Waals surface area (Å²) in [5, 5.41) is 0. The highest BCUT2D eigenvalue weighted by Gasteiger charge is 2.24. The summed E-state index contributed by atoms with van der Waals surface area (Å²) in [5.41, 5.74) is 1.32. The van der Waals surface area contributed by atoms with Gasteiger partial charge in [0.1, 0.15) is 0 Å². The van der Waals surface area contributed by atoms with E-state index in [1.807, 2.05) is 18.2 Å². The Bertz CT molecular complexity index is 289.